The van der Waals surface area contributed by atoms with Gasteiger partial charge < -0.3 is 0 Å². The van der Waals surface area contributed by atoms with Crippen molar-refractivity contribution in [3.63, 3.8) is 0 Å². The summed E-state index contributed by atoms with van der Waals surface area (Å²) >= 11 is 0. The molecule has 0 atom stereocenters. The van der Waals surface area contributed by atoms with E-state index in [1.807, 2.05) is 0 Å². The third-order valence-corrected chi connectivity index (χ3v) is 6.68. The van der Waals surface area contributed by atoms with Crippen LogP contribution in [0.15, 0.2) is 84.5 Å². The molecule has 0 amide bonds. The molecule has 0 aromatic heterocycles. The van der Waals surface area contributed by atoms with Crippen molar-refractivity contribution in [1.29, 1.82) is 0 Å². The highest BCUT2D eigenvalue weighted by Gasteiger charge is 2.13. The van der Waals surface area contributed by atoms with E-state index in [9.17, 15) is 0 Å². The molecule has 0 aliphatic rings. The van der Waals surface area contributed by atoms with E-state index in [0.717, 1.165) is 12.6 Å². The molecule has 126 valence electrons. The number of hydrogen-bond acceptors (Lipinski definition) is 0. The molecule has 0 saturated carbocycles. The van der Waals surface area contributed by atoms with Crippen LogP contribution >= 0.6 is 7.92 Å². The summed E-state index contributed by atoms with van der Waals surface area (Å²) in [5, 5.41) is 2.89. The summed E-state index contributed by atoms with van der Waals surface area (Å²) in [6.45, 7) is 11.1. The van der Waals surface area contributed by atoms with Crippen molar-refractivity contribution in [2.75, 3.05) is 6.16 Å². The Morgan fingerprint density at radius 1 is 0.958 bits per heavy atom. The zero-order chi connectivity index (χ0) is 17.4. The second-order valence-electron chi connectivity index (χ2n) is 6.44. The van der Waals surface area contributed by atoms with Gasteiger partial charge in [0.25, 0.3) is 0 Å². The average Bonchev–Trinajstić information content (AvgIpc) is 2.62. The Bertz CT molecular complexity index is 613. The van der Waals surface area contributed by atoms with Crippen molar-refractivity contribution in [3.05, 3.63) is 84.5 Å². The van der Waals surface area contributed by atoms with Crippen molar-refractivity contribution in [2.45, 2.75) is 33.6 Å². The van der Waals surface area contributed by atoms with E-state index in [4.69, 9.17) is 0 Å². The van der Waals surface area contributed by atoms with Gasteiger partial charge in [-0.25, -0.2) is 0 Å². The summed E-state index contributed by atoms with van der Waals surface area (Å²) in [5.74, 6) is 0.516. The molecule has 0 N–H and O–H groups in total. The van der Waals surface area contributed by atoms with E-state index in [1.54, 1.807) is 0 Å². The van der Waals surface area contributed by atoms with Crippen LogP contribution in [0.5, 0.6) is 0 Å². The Kier molecular flexibility index (Phi) is 7.47. The van der Waals surface area contributed by atoms with E-state index in [2.05, 4.69) is 94.1 Å². The minimum atomic E-state index is -0.356. The Morgan fingerprint density at radius 2 is 1.46 bits per heavy atom. The molecule has 0 unspecified atom stereocenters. The largest absolute Gasteiger partial charge is 0.0953 e. The molecule has 0 saturated heterocycles. The van der Waals surface area contributed by atoms with Gasteiger partial charge in [-0.15, -0.1) is 0 Å². The molecule has 0 spiro atoms. The van der Waals surface area contributed by atoms with Gasteiger partial charge in [0.2, 0.25) is 0 Å². The van der Waals surface area contributed by atoms with Gasteiger partial charge in [-0.05, 0) is 48.2 Å². The first-order chi connectivity index (χ1) is 11.6. The molecule has 2 aromatic carbocycles. The molecule has 0 heterocycles. The molecular formula is C23H29P. The predicted molar refractivity (Wildman–Crippen MR) is 111 cm³/mol. The zero-order valence-electron chi connectivity index (χ0n) is 15.2. The van der Waals surface area contributed by atoms with Crippen molar-refractivity contribution >= 4 is 18.5 Å². The Morgan fingerprint density at radius 3 is 1.88 bits per heavy atom. The molecule has 1 heteroatoms. The fourth-order valence-electron chi connectivity index (χ4n) is 2.81. The second kappa shape index (κ2) is 9.60. The molecule has 0 nitrogen and oxygen atoms in total. The van der Waals surface area contributed by atoms with Crippen molar-refractivity contribution in [2.24, 2.45) is 5.92 Å². The number of hydrogen-bond donors (Lipinski definition) is 0. The molecular weight excluding hydrogens is 307 g/mol. The van der Waals surface area contributed by atoms with Gasteiger partial charge in [-0.1, -0.05) is 101 Å². The first-order valence-electron chi connectivity index (χ1n) is 8.89. The van der Waals surface area contributed by atoms with E-state index in [1.165, 1.54) is 28.2 Å². The van der Waals surface area contributed by atoms with E-state index >= 15 is 0 Å². The molecule has 0 fully saturated rings. The fourth-order valence-corrected chi connectivity index (χ4v) is 5.00. The molecule has 24 heavy (non-hydrogen) atoms. The maximum absolute atomic E-state index is 4.34. The standard InChI is InChI=1S/C23H29P/c1-5-12-21(20(4)19(2)3)17-18-24(22-13-8-6-9-14-22)23-15-10-7-11-16-23/h6-11,13-17,19H,4-5,12,18H2,1-3H3/b21-17-. The van der Waals surface area contributed by atoms with E-state index < -0.39 is 0 Å². The number of rotatable bonds is 8. The summed E-state index contributed by atoms with van der Waals surface area (Å²) in [4.78, 5) is 0. The Hall–Kier alpha value is -1.65. The van der Waals surface area contributed by atoms with E-state index in [0.29, 0.717) is 5.92 Å². The highest BCUT2D eigenvalue weighted by atomic mass is 31.1. The normalized spacial score (nSPS) is 12.0. The van der Waals surface area contributed by atoms with E-state index in [-0.39, 0.29) is 7.92 Å². The lowest BCUT2D eigenvalue weighted by molar-refractivity contribution is 0.756. The van der Waals surface area contributed by atoms with Crippen LogP contribution in [-0.2, 0) is 0 Å². The fraction of sp³-hybridized carbons (Fsp3) is 0.304. The zero-order valence-corrected chi connectivity index (χ0v) is 16.1. The van der Waals surface area contributed by atoms with Crippen LogP contribution in [0.1, 0.15) is 33.6 Å². The molecule has 2 aromatic rings. The van der Waals surface area contributed by atoms with Gasteiger partial charge >= 0.3 is 0 Å². The summed E-state index contributed by atoms with van der Waals surface area (Å²) < 4.78 is 0. The van der Waals surface area contributed by atoms with Gasteiger partial charge in [-0.3, -0.25) is 0 Å². The Labute approximate surface area is 149 Å². The average molecular weight is 336 g/mol. The van der Waals surface area contributed by atoms with Crippen LogP contribution in [0.2, 0.25) is 0 Å². The lowest BCUT2D eigenvalue weighted by Gasteiger charge is -2.19. The third-order valence-electron chi connectivity index (χ3n) is 4.28. The summed E-state index contributed by atoms with van der Waals surface area (Å²) in [6, 6.07) is 21.9. The highest BCUT2D eigenvalue weighted by molar-refractivity contribution is 7.73. The minimum absolute atomic E-state index is 0.356. The molecule has 2 rings (SSSR count). The SMILES string of the molecule is C=C(/C(=C\CP(c1ccccc1)c1ccccc1)CCC)C(C)C. The maximum atomic E-state index is 4.34. The van der Waals surface area contributed by atoms with Crippen LogP contribution in [-0.4, -0.2) is 6.16 Å². The van der Waals surface area contributed by atoms with Gasteiger partial charge in [-0.2, -0.15) is 0 Å². The lowest BCUT2D eigenvalue weighted by atomic mass is 9.94. The monoisotopic (exact) mass is 336 g/mol. The highest BCUT2D eigenvalue weighted by Crippen LogP contribution is 2.35. The minimum Gasteiger partial charge on any atom is -0.0953 e. The van der Waals surface area contributed by atoms with Gasteiger partial charge in [0.05, 0.1) is 0 Å². The van der Waals surface area contributed by atoms with Gasteiger partial charge in [0.1, 0.15) is 0 Å². The molecule has 0 aliphatic carbocycles. The smallest absolute Gasteiger partial charge is 0.00583 e. The predicted octanol–water partition coefficient (Wildman–Crippen LogP) is 6.06. The second-order valence-corrected chi connectivity index (χ2v) is 8.70. The number of benzene rings is 2. The summed E-state index contributed by atoms with van der Waals surface area (Å²) in [6.07, 6.45) is 5.85. The molecule has 0 aliphatic heterocycles. The third kappa shape index (κ3) is 5.18. The van der Waals surface area contributed by atoms with Crippen LogP contribution in [0, 0.1) is 5.92 Å². The maximum Gasteiger partial charge on any atom is -0.00583 e. The quantitative estimate of drug-likeness (QED) is 0.406. The van der Waals surface area contributed by atoms with Crippen molar-refractivity contribution in [1.82, 2.24) is 0 Å². The van der Waals surface area contributed by atoms with Gasteiger partial charge in [0.15, 0.2) is 0 Å². The van der Waals surface area contributed by atoms with Crippen LogP contribution < -0.4 is 10.6 Å². The van der Waals surface area contributed by atoms with Gasteiger partial charge in [0, 0.05) is 0 Å². The lowest BCUT2D eigenvalue weighted by Crippen LogP contribution is -2.13. The first kappa shape index (κ1) is 18.7. The summed E-state index contributed by atoms with van der Waals surface area (Å²) in [7, 11) is -0.356. The Balaban J connectivity index is 2.31. The molecule has 0 radical (unpaired) electrons. The topological polar surface area (TPSA) is 0 Å². The van der Waals surface area contributed by atoms with Crippen LogP contribution in [0.3, 0.4) is 0 Å². The van der Waals surface area contributed by atoms with Crippen molar-refractivity contribution < 1.29 is 0 Å². The number of allylic oxidation sites excluding steroid dienone is 3. The summed E-state index contributed by atoms with van der Waals surface area (Å²) in [5.41, 5.74) is 2.75. The first-order valence-corrected chi connectivity index (χ1v) is 10.4. The van der Waals surface area contributed by atoms with Crippen LogP contribution in [0.25, 0.3) is 0 Å². The molecule has 0 bridgehead atoms. The van der Waals surface area contributed by atoms with Crippen LogP contribution in [0.4, 0.5) is 0 Å². The van der Waals surface area contributed by atoms with Crippen molar-refractivity contribution in [3.8, 4) is 0 Å².